The van der Waals surface area contributed by atoms with E-state index in [0.717, 1.165) is 18.2 Å². The van der Waals surface area contributed by atoms with E-state index in [0.29, 0.717) is 18.7 Å². The first-order valence-electron chi connectivity index (χ1n) is 10.6. The summed E-state index contributed by atoms with van der Waals surface area (Å²) in [4.78, 5) is 13.6. The van der Waals surface area contributed by atoms with Crippen molar-refractivity contribution < 1.29 is 31.1 Å². The minimum absolute atomic E-state index is 0.00276. The molecule has 0 aliphatic carbocycles. The maximum Gasteiger partial charge on any atom is 0.416 e. The Kier molecular flexibility index (Phi) is 7.71. The molecule has 0 radical (unpaired) electrons. The van der Waals surface area contributed by atoms with Gasteiger partial charge in [-0.2, -0.15) is 41.3 Å². The Bertz CT molecular complexity index is 1130. The van der Waals surface area contributed by atoms with Crippen LogP contribution in [0.4, 0.5) is 43.9 Å². The van der Waals surface area contributed by atoms with Gasteiger partial charge >= 0.3 is 18.4 Å². The fourth-order valence-corrected chi connectivity index (χ4v) is 3.17. The maximum atomic E-state index is 13.3. The van der Waals surface area contributed by atoms with Gasteiger partial charge in [0.2, 0.25) is 11.9 Å². The summed E-state index contributed by atoms with van der Waals surface area (Å²) in [6.45, 7) is 3.80. The summed E-state index contributed by atoms with van der Waals surface area (Å²) in [7, 11) is 0. The Morgan fingerprint density at radius 3 is 2.14 bits per heavy atom. The van der Waals surface area contributed by atoms with Crippen LogP contribution < -0.4 is 15.4 Å². The van der Waals surface area contributed by atoms with Crippen molar-refractivity contribution in [3.05, 3.63) is 65.2 Å². The Hall–Kier alpha value is -3.57. The predicted octanol–water partition coefficient (Wildman–Crippen LogP) is 6.25. The highest BCUT2D eigenvalue weighted by Crippen LogP contribution is 2.34. The molecule has 0 spiro atoms. The van der Waals surface area contributed by atoms with Crippen LogP contribution in [0.25, 0.3) is 0 Å². The topological polar surface area (TPSA) is 77.2 Å². The molecule has 2 aromatic carbocycles. The molecule has 0 saturated heterocycles. The zero-order valence-electron chi connectivity index (χ0n) is 18.9. The van der Waals surface area contributed by atoms with Crippen LogP contribution in [0.3, 0.4) is 0 Å². The zero-order valence-corrected chi connectivity index (χ0v) is 18.9. The number of rotatable bonds is 8. The molecule has 0 saturated carbocycles. The summed E-state index contributed by atoms with van der Waals surface area (Å²) in [5.74, 6) is -0.00620. The Morgan fingerprint density at radius 2 is 1.54 bits per heavy atom. The van der Waals surface area contributed by atoms with Crippen molar-refractivity contribution >= 4 is 17.6 Å². The second kappa shape index (κ2) is 10.4. The maximum absolute atomic E-state index is 13.3. The fourth-order valence-electron chi connectivity index (χ4n) is 3.17. The molecule has 0 atom stereocenters. The van der Waals surface area contributed by atoms with Crippen molar-refractivity contribution in [2.75, 3.05) is 17.2 Å². The first-order chi connectivity index (χ1) is 16.3. The van der Waals surface area contributed by atoms with E-state index < -0.39 is 30.1 Å². The molecule has 0 bridgehead atoms. The van der Waals surface area contributed by atoms with Crippen molar-refractivity contribution in [3.63, 3.8) is 0 Å². The van der Waals surface area contributed by atoms with Gasteiger partial charge in [0.1, 0.15) is 6.61 Å². The number of anilines is 3. The molecule has 3 aromatic rings. The smallest absolute Gasteiger partial charge is 0.416 e. The van der Waals surface area contributed by atoms with E-state index in [1.165, 1.54) is 30.3 Å². The molecular weight excluding hydrogens is 476 g/mol. The van der Waals surface area contributed by atoms with Crippen LogP contribution in [0.1, 0.15) is 37.0 Å². The van der Waals surface area contributed by atoms with Crippen molar-refractivity contribution in [1.29, 1.82) is 0 Å². The summed E-state index contributed by atoms with van der Waals surface area (Å²) in [6.07, 6.45) is -8.42. The third-order valence-electron chi connectivity index (χ3n) is 4.98. The highest BCUT2D eigenvalue weighted by Gasteiger charge is 2.33. The summed E-state index contributed by atoms with van der Waals surface area (Å²) in [5.41, 5.74) is 4.36. The van der Waals surface area contributed by atoms with Gasteiger partial charge in [-0.25, -0.2) is 0 Å². The van der Waals surface area contributed by atoms with Gasteiger partial charge in [0.15, 0.2) is 0 Å². The zero-order chi connectivity index (χ0) is 25.8. The summed E-state index contributed by atoms with van der Waals surface area (Å²) >= 11 is 0. The molecule has 3 rings (SSSR count). The minimum atomic E-state index is -4.57. The second-order valence-corrected chi connectivity index (χ2v) is 8.10. The molecule has 12 heteroatoms. The molecular formula is C23H23F6N5O. The van der Waals surface area contributed by atoms with Crippen LogP contribution in [0, 0.1) is 5.92 Å². The number of aromatic nitrogens is 3. The van der Waals surface area contributed by atoms with Crippen LogP contribution in [0.15, 0.2) is 48.5 Å². The van der Waals surface area contributed by atoms with E-state index in [2.05, 4.69) is 15.0 Å². The second-order valence-electron chi connectivity index (χ2n) is 8.10. The van der Waals surface area contributed by atoms with Crippen molar-refractivity contribution in [3.8, 4) is 6.01 Å². The van der Waals surface area contributed by atoms with Gasteiger partial charge in [0.25, 0.3) is 0 Å². The van der Waals surface area contributed by atoms with Gasteiger partial charge in [-0.05, 0) is 42.7 Å². The highest BCUT2D eigenvalue weighted by molar-refractivity contribution is 5.58. The third-order valence-corrected chi connectivity index (χ3v) is 4.98. The molecule has 1 aromatic heterocycles. The van der Waals surface area contributed by atoms with E-state index in [1.54, 1.807) is 4.90 Å². The quantitative estimate of drug-likeness (QED) is 0.369. The predicted molar refractivity (Wildman–Crippen MR) is 118 cm³/mol. The van der Waals surface area contributed by atoms with Crippen LogP contribution in [-0.4, -0.2) is 21.5 Å². The lowest BCUT2D eigenvalue weighted by Crippen LogP contribution is -2.23. The SMILES string of the molecule is CC(C)CCN(c1ccc(C(F)(F)F)cc1)c1nc(N)nc(OCc2ccccc2C(F)(F)F)n1. The molecule has 1 heterocycles. The number of nitrogen functional groups attached to an aromatic ring is 1. The summed E-state index contributed by atoms with van der Waals surface area (Å²) in [5, 5.41) is 0. The largest absolute Gasteiger partial charge is 0.458 e. The van der Waals surface area contributed by atoms with Crippen LogP contribution in [-0.2, 0) is 19.0 Å². The molecule has 2 N–H and O–H groups in total. The highest BCUT2D eigenvalue weighted by atomic mass is 19.4. The first-order valence-corrected chi connectivity index (χ1v) is 10.6. The number of nitrogens with zero attached hydrogens (tertiary/aromatic N) is 4. The van der Waals surface area contributed by atoms with Gasteiger partial charge in [0.05, 0.1) is 11.1 Å². The van der Waals surface area contributed by atoms with E-state index >= 15 is 0 Å². The van der Waals surface area contributed by atoms with E-state index in [4.69, 9.17) is 10.5 Å². The molecule has 0 fully saturated rings. The van der Waals surface area contributed by atoms with Crippen LogP contribution in [0.5, 0.6) is 6.01 Å². The Labute approximate surface area is 197 Å². The van der Waals surface area contributed by atoms with E-state index in [1.807, 2.05) is 13.8 Å². The van der Waals surface area contributed by atoms with Gasteiger partial charge in [0, 0.05) is 17.8 Å². The normalized spacial score (nSPS) is 12.1. The molecule has 0 aliphatic rings. The van der Waals surface area contributed by atoms with Crippen LogP contribution in [0.2, 0.25) is 0 Å². The third kappa shape index (κ3) is 6.96. The summed E-state index contributed by atoms with van der Waals surface area (Å²) in [6, 6.07) is 9.04. The number of hydrogen-bond donors (Lipinski definition) is 1. The number of alkyl halides is 6. The number of nitrogens with two attached hydrogens (primary N) is 1. The number of halogens is 6. The lowest BCUT2D eigenvalue weighted by molar-refractivity contribution is -0.139. The van der Waals surface area contributed by atoms with Gasteiger partial charge in [-0.1, -0.05) is 32.0 Å². The lowest BCUT2D eigenvalue weighted by Gasteiger charge is -2.24. The monoisotopic (exact) mass is 499 g/mol. The standard InChI is InChI=1S/C23H23F6N5O/c1-14(2)11-12-34(17-9-7-16(8-10-17)22(24,25)26)20-31-19(30)32-21(33-20)35-13-15-5-3-4-6-18(15)23(27,28)29/h3-10,14H,11-13H2,1-2H3,(H2,30,31,32,33). The van der Waals surface area contributed by atoms with Crippen LogP contribution >= 0.6 is 0 Å². The minimum Gasteiger partial charge on any atom is -0.458 e. The van der Waals surface area contributed by atoms with Crippen molar-refractivity contribution in [2.45, 2.75) is 39.2 Å². The molecule has 35 heavy (non-hydrogen) atoms. The van der Waals surface area contributed by atoms with Gasteiger partial charge < -0.3 is 15.4 Å². The Morgan fingerprint density at radius 1 is 0.886 bits per heavy atom. The van der Waals surface area contributed by atoms with Gasteiger partial charge in [-0.3, -0.25) is 0 Å². The number of hydrogen-bond acceptors (Lipinski definition) is 6. The average Bonchev–Trinajstić information content (AvgIpc) is 2.77. The molecule has 0 amide bonds. The van der Waals surface area contributed by atoms with E-state index in [9.17, 15) is 26.3 Å². The van der Waals surface area contributed by atoms with Gasteiger partial charge in [-0.15, -0.1) is 0 Å². The first kappa shape index (κ1) is 26.0. The van der Waals surface area contributed by atoms with Crippen molar-refractivity contribution in [1.82, 2.24) is 15.0 Å². The fraction of sp³-hybridized carbons (Fsp3) is 0.348. The molecule has 0 aliphatic heterocycles. The lowest BCUT2D eigenvalue weighted by atomic mass is 10.1. The average molecular weight is 499 g/mol. The van der Waals surface area contributed by atoms with Crippen molar-refractivity contribution in [2.24, 2.45) is 5.92 Å². The molecule has 0 unspecified atom stereocenters. The Balaban J connectivity index is 1.91. The summed E-state index contributed by atoms with van der Waals surface area (Å²) < 4.78 is 84.1. The number of ether oxygens (including phenoxy) is 1. The molecule has 6 nitrogen and oxygen atoms in total. The number of benzene rings is 2. The molecule has 188 valence electrons. The van der Waals surface area contributed by atoms with E-state index in [-0.39, 0.29) is 29.4 Å².